The van der Waals surface area contributed by atoms with Crippen molar-refractivity contribution in [2.45, 2.75) is 45.6 Å². The van der Waals surface area contributed by atoms with E-state index in [-0.39, 0.29) is 18.4 Å². The van der Waals surface area contributed by atoms with Crippen LogP contribution in [-0.2, 0) is 9.59 Å². The van der Waals surface area contributed by atoms with Crippen LogP contribution in [0.3, 0.4) is 0 Å². The number of carbonyl (C=O) groups excluding carboxylic acids is 2. The second-order valence-corrected chi connectivity index (χ2v) is 7.63. The van der Waals surface area contributed by atoms with Gasteiger partial charge in [0, 0.05) is 6.54 Å². The lowest BCUT2D eigenvalue weighted by molar-refractivity contribution is -0.129. The van der Waals surface area contributed by atoms with E-state index >= 15 is 0 Å². The topological polar surface area (TPSA) is 61.9 Å². The van der Waals surface area contributed by atoms with E-state index < -0.39 is 6.10 Å². The molecular formula is C21H31N3O3. The molecule has 6 heteroatoms. The molecule has 0 saturated carbocycles. The summed E-state index contributed by atoms with van der Waals surface area (Å²) in [5, 5.41) is 2.96. The molecule has 0 bridgehead atoms. The highest BCUT2D eigenvalue weighted by Gasteiger charge is 2.34. The third-order valence-electron chi connectivity index (χ3n) is 5.49. The predicted molar refractivity (Wildman–Crippen MR) is 106 cm³/mol. The van der Waals surface area contributed by atoms with Crippen molar-refractivity contribution in [1.82, 2.24) is 10.2 Å². The first-order valence-electron chi connectivity index (χ1n) is 10.1. The van der Waals surface area contributed by atoms with Gasteiger partial charge in [-0.1, -0.05) is 26.0 Å². The van der Waals surface area contributed by atoms with Crippen molar-refractivity contribution in [3.05, 3.63) is 24.3 Å². The molecule has 0 aliphatic carbocycles. The standard InChI is InChI=1S/C21H31N3O3/c1-3-18-21(26)24(17-7-4-5-8-19(17)27-18)15-20(25)22-11-6-12-23-13-9-16(2)10-14-23/h4-5,7-8,16,18H,3,6,9-15H2,1-2H3,(H,22,25)/t18-/m0/s1. The molecule has 0 unspecified atom stereocenters. The van der Waals surface area contributed by atoms with Crippen LogP contribution >= 0.6 is 0 Å². The second-order valence-electron chi connectivity index (χ2n) is 7.63. The zero-order chi connectivity index (χ0) is 19.2. The van der Waals surface area contributed by atoms with E-state index in [1.807, 2.05) is 31.2 Å². The number of hydrogen-bond donors (Lipinski definition) is 1. The summed E-state index contributed by atoms with van der Waals surface area (Å²) in [5.41, 5.74) is 0.671. The van der Waals surface area contributed by atoms with Crippen LogP contribution in [0, 0.1) is 5.92 Å². The average Bonchev–Trinajstić information content (AvgIpc) is 2.68. The van der Waals surface area contributed by atoms with Crippen LogP contribution in [0.25, 0.3) is 0 Å². The Morgan fingerprint density at radius 3 is 2.74 bits per heavy atom. The van der Waals surface area contributed by atoms with E-state index in [2.05, 4.69) is 17.1 Å². The molecule has 1 saturated heterocycles. The van der Waals surface area contributed by atoms with Gasteiger partial charge in [0.1, 0.15) is 12.3 Å². The number of piperidine rings is 1. The van der Waals surface area contributed by atoms with Crippen LogP contribution in [0.1, 0.15) is 39.5 Å². The average molecular weight is 373 g/mol. The second kappa shape index (κ2) is 9.22. The first kappa shape index (κ1) is 19.7. The number of carbonyl (C=O) groups is 2. The molecule has 1 fully saturated rings. The van der Waals surface area contributed by atoms with Gasteiger partial charge in [-0.25, -0.2) is 0 Å². The van der Waals surface area contributed by atoms with Crippen molar-refractivity contribution >= 4 is 17.5 Å². The fourth-order valence-electron chi connectivity index (χ4n) is 3.71. The summed E-state index contributed by atoms with van der Waals surface area (Å²) >= 11 is 0. The van der Waals surface area contributed by atoms with Crippen molar-refractivity contribution in [2.24, 2.45) is 5.92 Å². The summed E-state index contributed by atoms with van der Waals surface area (Å²) in [6, 6.07) is 7.39. The molecule has 1 aromatic rings. The fourth-order valence-corrected chi connectivity index (χ4v) is 3.71. The number of fused-ring (bicyclic) bond motifs is 1. The number of ether oxygens (including phenoxy) is 1. The number of benzene rings is 1. The van der Waals surface area contributed by atoms with Crippen molar-refractivity contribution in [3.8, 4) is 5.75 Å². The Morgan fingerprint density at radius 2 is 2.00 bits per heavy atom. The van der Waals surface area contributed by atoms with Crippen LogP contribution < -0.4 is 15.0 Å². The number of nitrogens with one attached hydrogen (secondary N) is 1. The maximum Gasteiger partial charge on any atom is 0.268 e. The Morgan fingerprint density at radius 1 is 1.26 bits per heavy atom. The minimum absolute atomic E-state index is 0.0386. The molecule has 2 heterocycles. The first-order valence-corrected chi connectivity index (χ1v) is 10.1. The molecule has 6 nitrogen and oxygen atoms in total. The Hall–Kier alpha value is -2.08. The van der Waals surface area contributed by atoms with Crippen LogP contribution in [0.4, 0.5) is 5.69 Å². The number of amides is 2. The van der Waals surface area contributed by atoms with Crippen molar-refractivity contribution in [2.75, 3.05) is 37.6 Å². The van der Waals surface area contributed by atoms with Crippen LogP contribution in [0.5, 0.6) is 5.75 Å². The van der Waals surface area contributed by atoms with Crippen molar-refractivity contribution < 1.29 is 14.3 Å². The van der Waals surface area contributed by atoms with Crippen LogP contribution in [-0.4, -0.2) is 55.5 Å². The number of nitrogens with zero attached hydrogens (tertiary/aromatic N) is 2. The highest BCUT2D eigenvalue weighted by atomic mass is 16.5. The van der Waals surface area contributed by atoms with Gasteiger partial charge in [0.25, 0.3) is 5.91 Å². The first-order chi connectivity index (χ1) is 13.1. The predicted octanol–water partition coefficient (Wildman–Crippen LogP) is 2.43. The van der Waals surface area contributed by atoms with Crippen molar-refractivity contribution in [1.29, 1.82) is 0 Å². The van der Waals surface area contributed by atoms with Gasteiger partial charge >= 0.3 is 0 Å². The van der Waals surface area contributed by atoms with Gasteiger partial charge in [-0.05, 0) is 63.4 Å². The molecule has 2 aliphatic heterocycles. The highest BCUT2D eigenvalue weighted by molar-refractivity contribution is 6.03. The van der Waals surface area contributed by atoms with E-state index in [9.17, 15) is 9.59 Å². The monoisotopic (exact) mass is 373 g/mol. The van der Waals surface area contributed by atoms with E-state index in [1.165, 1.54) is 12.8 Å². The van der Waals surface area contributed by atoms with Crippen LogP contribution in [0.15, 0.2) is 24.3 Å². The number of likely N-dealkylation sites (tertiary alicyclic amines) is 1. The van der Waals surface area contributed by atoms with Gasteiger partial charge < -0.3 is 15.0 Å². The lowest BCUT2D eigenvalue weighted by Gasteiger charge is -2.33. The quantitative estimate of drug-likeness (QED) is 0.746. The Labute approximate surface area is 161 Å². The maximum absolute atomic E-state index is 12.6. The van der Waals surface area contributed by atoms with Gasteiger partial charge in [0.15, 0.2) is 6.10 Å². The van der Waals surface area contributed by atoms with E-state index in [0.717, 1.165) is 32.0 Å². The van der Waals surface area contributed by atoms with Gasteiger partial charge in [-0.3, -0.25) is 14.5 Å². The number of rotatable bonds is 7. The molecule has 1 atom stereocenters. The molecule has 2 amide bonds. The molecule has 1 aromatic carbocycles. The smallest absolute Gasteiger partial charge is 0.268 e. The molecule has 2 aliphatic rings. The molecular weight excluding hydrogens is 342 g/mol. The molecule has 148 valence electrons. The Kier molecular flexibility index (Phi) is 6.72. The third kappa shape index (κ3) is 5.01. The number of anilines is 1. The molecule has 0 aromatic heterocycles. The summed E-state index contributed by atoms with van der Waals surface area (Å²) in [5.74, 6) is 1.23. The minimum atomic E-state index is -0.519. The Bertz CT molecular complexity index is 656. The largest absolute Gasteiger partial charge is 0.478 e. The molecule has 1 N–H and O–H groups in total. The zero-order valence-electron chi connectivity index (χ0n) is 16.4. The van der Waals surface area contributed by atoms with Gasteiger partial charge in [0.05, 0.1) is 5.69 Å². The van der Waals surface area contributed by atoms with E-state index in [1.54, 1.807) is 4.90 Å². The summed E-state index contributed by atoms with van der Waals surface area (Å²) in [7, 11) is 0. The van der Waals surface area contributed by atoms with Gasteiger partial charge in [0.2, 0.25) is 5.91 Å². The van der Waals surface area contributed by atoms with Gasteiger partial charge in [-0.2, -0.15) is 0 Å². The summed E-state index contributed by atoms with van der Waals surface area (Å²) in [6.45, 7) is 8.24. The van der Waals surface area contributed by atoms with E-state index in [0.29, 0.717) is 24.4 Å². The minimum Gasteiger partial charge on any atom is -0.478 e. The summed E-state index contributed by atoms with van der Waals surface area (Å²) in [4.78, 5) is 29.1. The molecule has 0 spiro atoms. The third-order valence-corrected chi connectivity index (χ3v) is 5.49. The molecule has 27 heavy (non-hydrogen) atoms. The molecule has 3 rings (SSSR count). The number of para-hydroxylation sites is 2. The zero-order valence-corrected chi connectivity index (χ0v) is 16.4. The van der Waals surface area contributed by atoms with Crippen LogP contribution in [0.2, 0.25) is 0 Å². The summed E-state index contributed by atoms with van der Waals surface area (Å²) in [6.07, 6.45) is 3.53. The van der Waals surface area contributed by atoms with Crippen molar-refractivity contribution in [3.63, 3.8) is 0 Å². The number of hydrogen-bond acceptors (Lipinski definition) is 4. The SMILES string of the molecule is CC[C@@H]1Oc2ccccc2N(CC(=O)NCCCN2CCC(C)CC2)C1=O. The lowest BCUT2D eigenvalue weighted by atomic mass is 9.99. The Balaban J connectivity index is 1.47. The highest BCUT2D eigenvalue weighted by Crippen LogP contribution is 2.34. The lowest BCUT2D eigenvalue weighted by Crippen LogP contribution is -2.49. The summed E-state index contributed by atoms with van der Waals surface area (Å²) < 4.78 is 5.75. The molecule has 0 radical (unpaired) electrons. The normalized spacial score (nSPS) is 20.9. The fraction of sp³-hybridized carbons (Fsp3) is 0.619. The van der Waals surface area contributed by atoms with Gasteiger partial charge in [-0.15, -0.1) is 0 Å². The maximum atomic E-state index is 12.6. The van der Waals surface area contributed by atoms with E-state index in [4.69, 9.17) is 4.74 Å².